The maximum atomic E-state index is 8.88. The minimum atomic E-state index is -4.64. The quantitative estimate of drug-likeness (QED) is 0.306. The van der Waals surface area contributed by atoms with Gasteiger partial charge in [0.25, 0.3) is 0 Å². The van der Waals surface area contributed by atoms with Crippen LogP contribution in [0.1, 0.15) is 1.43 Å². The van der Waals surface area contributed by atoms with Gasteiger partial charge in [-0.3, -0.25) is 0 Å². The van der Waals surface area contributed by atoms with Crippen LogP contribution < -0.4 is 18.9 Å². The summed E-state index contributed by atoms with van der Waals surface area (Å²) in [5, 5.41) is 0. The van der Waals surface area contributed by atoms with E-state index in [9.17, 15) is 0 Å². The van der Waals surface area contributed by atoms with E-state index in [0.29, 0.717) is 0 Å². The number of phosphoric acid groups is 1. The van der Waals surface area contributed by atoms with E-state index in [0.717, 1.165) is 0 Å². The molecule has 0 saturated carbocycles. The van der Waals surface area contributed by atoms with Gasteiger partial charge in [-0.05, 0) is 0 Å². The van der Waals surface area contributed by atoms with Crippen molar-refractivity contribution in [1.82, 2.24) is 0 Å². The normalized spacial score (nSPS) is 7.38. The van der Waals surface area contributed by atoms with Crippen LogP contribution in [0.25, 0.3) is 0 Å². The molecule has 0 spiro atoms. The molecule has 0 aliphatic rings. The van der Waals surface area contributed by atoms with Gasteiger partial charge in [-0.1, -0.05) is 0 Å². The molecular weight excluding hydrogens is 250 g/mol. The van der Waals surface area contributed by atoms with Crippen molar-refractivity contribution in [3.8, 4) is 0 Å². The van der Waals surface area contributed by atoms with Gasteiger partial charge in [-0.25, -0.2) is 4.57 Å². The van der Waals surface area contributed by atoms with Crippen molar-refractivity contribution < 1.29 is 79.0 Å². The van der Waals surface area contributed by atoms with Crippen molar-refractivity contribution in [3.63, 3.8) is 0 Å². The average molecular weight is 254 g/mol. The molecule has 2 radical (unpaired) electrons. The van der Waals surface area contributed by atoms with Gasteiger partial charge in [0, 0.05) is 39.4 Å². The molecule has 0 rings (SSSR count). The largest absolute Gasteiger partial charge is 1.00 e. The van der Waals surface area contributed by atoms with E-state index in [-0.39, 0.29) is 59.7 Å². The third-order valence-corrected chi connectivity index (χ3v) is 0. The Morgan fingerprint density at radius 2 is 1.25 bits per heavy atom. The summed E-state index contributed by atoms with van der Waals surface area (Å²) in [5.74, 6) is 0. The zero-order chi connectivity index (χ0) is 4.50. The molecule has 0 unspecified atom stereocenters. The molecular formula is H4LiMnNbO4P. The molecule has 3 N–H and O–H groups in total. The minimum absolute atomic E-state index is 0. The Hall–Kier alpha value is 1.97. The predicted molar refractivity (Wildman–Crippen MR) is 15.4 cm³/mol. The maximum Gasteiger partial charge on any atom is 1.00 e. The summed E-state index contributed by atoms with van der Waals surface area (Å²) in [7, 11) is -4.64. The molecule has 0 heterocycles. The Balaban J connectivity index is -0.0000000133. The molecule has 8 heteroatoms. The van der Waals surface area contributed by atoms with Crippen molar-refractivity contribution in [2.75, 3.05) is 0 Å². The second-order valence-electron chi connectivity index (χ2n) is 0.513. The van der Waals surface area contributed by atoms with Gasteiger partial charge < -0.3 is 16.1 Å². The van der Waals surface area contributed by atoms with Crippen LogP contribution in [-0.2, 0) is 44.0 Å². The van der Waals surface area contributed by atoms with E-state index in [2.05, 4.69) is 0 Å². The standard InChI is InChI=1S/Li.Mn.Nb.H3O4P.H/c;;;1-5(2,3)4;/h;;;(H3,1,2,3,4);/q+1;;;;-1. The summed E-state index contributed by atoms with van der Waals surface area (Å²) < 4.78 is 8.88. The van der Waals surface area contributed by atoms with E-state index in [1.54, 1.807) is 0 Å². The first-order chi connectivity index (χ1) is 2.00. The summed E-state index contributed by atoms with van der Waals surface area (Å²) in [6.45, 7) is 0. The molecule has 0 amide bonds. The summed E-state index contributed by atoms with van der Waals surface area (Å²) >= 11 is 0. The van der Waals surface area contributed by atoms with Crippen molar-refractivity contribution in [1.29, 1.82) is 0 Å². The van der Waals surface area contributed by atoms with Gasteiger partial charge in [0.05, 0.1) is 0 Å². The zero-order valence-corrected chi connectivity index (χ0v) is 8.30. The van der Waals surface area contributed by atoms with Crippen LogP contribution in [0.5, 0.6) is 0 Å². The van der Waals surface area contributed by atoms with Crippen molar-refractivity contribution in [2.24, 2.45) is 0 Å². The average Bonchev–Trinajstić information content (AvgIpc) is 0.722. The molecule has 0 fully saturated rings. The van der Waals surface area contributed by atoms with Gasteiger partial charge >= 0.3 is 26.7 Å². The van der Waals surface area contributed by atoms with Crippen molar-refractivity contribution in [2.45, 2.75) is 0 Å². The number of rotatable bonds is 0. The van der Waals surface area contributed by atoms with Crippen molar-refractivity contribution >= 4 is 7.82 Å². The molecule has 0 aliphatic carbocycles. The maximum absolute atomic E-state index is 8.88. The second kappa shape index (κ2) is 8.97. The molecule has 8 heavy (non-hydrogen) atoms. The van der Waals surface area contributed by atoms with E-state index in [1.165, 1.54) is 0 Å². The van der Waals surface area contributed by atoms with E-state index in [1.807, 2.05) is 0 Å². The molecule has 0 saturated heterocycles. The molecule has 0 atom stereocenters. The smallest absolute Gasteiger partial charge is 1.00 e. The Morgan fingerprint density at radius 1 is 1.25 bits per heavy atom. The molecule has 0 aromatic heterocycles. The third-order valence-electron chi connectivity index (χ3n) is 0. The monoisotopic (exact) mass is 254 g/mol. The van der Waals surface area contributed by atoms with Crippen LogP contribution in [0, 0.1) is 0 Å². The van der Waals surface area contributed by atoms with Crippen LogP contribution in [0.15, 0.2) is 0 Å². The van der Waals surface area contributed by atoms with Gasteiger partial charge in [-0.15, -0.1) is 0 Å². The predicted octanol–water partition coefficient (Wildman–Crippen LogP) is -3.82. The number of hydrogen-bond acceptors (Lipinski definition) is 1. The van der Waals surface area contributed by atoms with Crippen molar-refractivity contribution in [3.05, 3.63) is 0 Å². The molecule has 0 aliphatic heterocycles. The van der Waals surface area contributed by atoms with E-state index >= 15 is 0 Å². The molecule has 0 bridgehead atoms. The first-order valence-electron chi connectivity index (χ1n) is 0.783. The molecule has 46 valence electrons. The van der Waals surface area contributed by atoms with Gasteiger partial charge in [-0.2, -0.15) is 0 Å². The summed E-state index contributed by atoms with van der Waals surface area (Å²) in [4.78, 5) is 21.6. The first-order valence-corrected chi connectivity index (χ1v) is 2.35. The Kier molecular flexibility index (Phi) is 25.2. The fraction of sp³-hybridized carbons (Fsp3) is 0. The fourth-order valence-electron chi connectivity index (χ4n) is 0. The Bertz CT molecular complexity index is 66.7. The Labute approximate surface area is 86.3 Å². The molecule has 0 aromatic rings. The van der Waals surface area contributed by atoms with Crippen LogP contribution in [-0.4, -0.2) is 14.7 Å². The topological polar surface area (TPSA) is 77.8 Å². The minimum Gasteiger partial charge on any atom is -1.00 e. The summed E-state index contributed by atoms with van der Waals surface area (Å²) in [6.07, 6.45) is 0. The van der Waals surface area contributed by atoms with Gasteiger partial charge in [0.15, 0.2) is 0 Å². The third kappa shape index (κ3) is 99.9. The van der Waals surface area contributed by atoms with Crippen LogP contribution in [0.4, 0.5) is 0 Å². The van der Waals surface area contributed by atoms with Gasteiger partial charge in [0.2, 0.25) is 0 Å². The Morgan fingerprint density at radius 3 is 1.25 bits per heavy atom. The number of hydrogen-bond donors (Lipinski definition) is 3. The van der Waals surface area contributed by atoms with Crippen LogP contribution >= 0.6 is 7.82 Å². The summed E-state index contributed by atoms with van der Waals surface area (Å²) in [5.41, 5.74) is 0. The SMILES string of the molecule is O=P(O)(O)O.[H-].[Li+].[Mn].[Nb]. The second-order valence-corrected chi connectivity index (χ2v) is 1.54. The fourth-order valence-corrected chi connectivity index (χ4v) is 0. The zero-order valence-electron chi connectivity index (χ0n) is 5.02. The first kappa shape index (κ1) is 22.5. The molecule has 0 aromatic carbocycles. The van der Waals surface area contributed by atoms with E-state index < -0.39 is 7.82 Å². The van der Waals surface area contributed by atoms with E-state index in [4.69, 9.17) is 19.2 Å². The van der Waals surface area contributed by atoms with Gasteiger partial charge in [0.1, 0.15) is 0 Å². The summed E-state index contributed by atoms with van der Waals surface area (Å²) in [6, 6.07) is 0. The van der Waals surface area contributed by atoms with Crippen LogP contribution in [0.3, 0.4) is 0 Å². The molecule has 4 nitrogen and oxygen atoms in total. The van der Waals surface area contributed by atoms with Crippen LogP contribution in [0.2, 0.25) is 0 Å².